The summed E-state index contributed by atoms with van der Waals surface area (Å²) >= 11 is 0. The fraction of sp³-hybridized carbons (Fsp3) is 0.853. The van der Waals surface area contributed by atoms with Crippen molar-refractivity contribution in [2.75, 3.05) is 47.5 Å². The summed E-state index contributed by atoms with van der Waals surface area (Å²) in [5.41, 5.74) is 0. The first-order chi connectivity index (χ1) is 20.6. The van der Waals surface area contributed by atoms with Gasteiger partial charge in [0.2, 0.25) is 0 Å². The Labute approximate surface area is 264 Å². The molecule has 0 heterocycles. The molecule has 0 fully saturated rings. The second-order valence-electron chi connectivity index (χ2n) is 12.7. The number of rotatable bonds is 31. The van der Waals surface area contributed by atoms with Gasteiger partial charge in [-0.1, -0.05) is 115 Å². The van der Waals surface area contributed by atoms with Crippen LogP contribution in [0.4, 0.5) is 0 Å². The fourth-order valence-corrected chi connectivity index (χ4v) is 5.19. The molecule has 0 aromatic rings. The zero-order valence-electron chi connectivity index (χ0n) is 28.2. The molecule has 0 aliphatic carbocycles. The third-order valence-corrected chi connectivity index (χ3v) is 8.18. The van der Waals surface area contributed by atoms with Crippen molar-refractivity contribution in [1.82, 2.24) is 0 Å². The second kappa shape index (κ2) is 28.5. The lowest BCUT2D eigenvalue weighted by atomic mass is 10.0. The number of unbranched alkanes of at least 4 members (excludes halogenated alkanes) is 16. The molecule has 0 bridgehead atoms. The Morgan fingerprint density at radius 1 is 0.698 bits per heavy atom. The number of aliphatic hydroxyl groups is 1. The van der Waals surface area contributed by atoms with Crippen LogP contribution in [0.2, 0.25) is 0 Å². The Morgan fingerprint density at radius 2 is 1.16 bits per heavy atom. The average molecular weight is 633 g/mol. The Balaban J connectivity index is 3.53. The molecule has 0 aromatic heterocycles. The topological polar surface area (TPSA) is 102 Å². The molecule has 0 spiro atoms. The molecule has 43 heavy (non-hydrogen) atoms. The van der Waals surface area contributed by atoms with E-state index in [1.807, 2.05) is 21.1 Å². The van der Waals surface area contributed by atoms with Crippen LogP contribution >= 0.6 is 7.82 Å². The lowest BCUT2D eigenvalue weighted by Crippen LogP contribution is -2.37. The molecule has 0 saturated carbocycles. The number of carbonyl (C=O) groups is 1. The van der Waals surface area contributed by atoms with Crippen LogP contribution < -0.4 is 0 Å². The van der Waals surface area contributed by atoms with Crippen LogP contribution in [0.1, 0.15) is 135 Å². The number of hydrogen-bond donors (Lipinski definition) is 2. The van der Waals surface area contributed by atoms with Crippen molar-refractivity contribution in [1.29, 1.82) is 0 Å². The van der Waals surface area contributed by atoms with Crippen molar-refractivity contribution in [3.8, 4) is 0 Å². The predicted molar refractivity (Wildman–Crippen MR) is 178 cm³/mol. The van der Waals surface area contributed by atoms with Crippen molar-refractivity contribution in [3.63, 3.8) is 0 Å². The maximum absolute atomic E-state index is 11.9. The van der Waals surface area contributed by atoms with Gasteiger partial charge >= 0.3 is 13.8 Å². The summed E-state index contributed by atoms with van der Waals surface area (Å²) in [5.74, 6) is -0.412. The van der Waals surface area contributed by atoms with E-state index >= 15 is 0 Å². The second-order valence-corrected chi connectivity index (χ2v) is 14.2. The van der Waals surface area contributed by atoms with Gasteiger partial charge in [0.1, 0.15) is 25.9 Å². The molecule has 2 N–H and O–H groups in total. The third kappa shape index (κ3) is 33.7. The summed E-state index contributed by atoms with van der Waals surface area (Å²) in [7, 11) is 1.54. The molecule has 254 valence electrons. The minimum Gasteiger partial charge on any atom is -0.463 e. The van der Waals surface area contributed by atoms with Gasteiger partial charge in [-0.05, 0) is 38.5 Å². The molecule has 1 unspecified atom stereocenters. The van der Waals surface area contributed by atoms with Crippen molar-refractivity contribution in [2.45, 2.75) is 141 Å². The smallest absolute Gasteiger partial charge is 0.463 e. The molecule has 0 rings (SSSR count). The van der Waals surface area contributed by atoms with Gasteiger partial charge in [-0.2, -0.15) is 0 Å². The number of esters is 1. The van der Waals surface area contributed by atoms with Crippen LogP contribution in [0.25, 0.3) is 0 Å². The zero-order valence-corrected chi connectivity index (χ0v) is 29.1. The zero-order chi connectivity index (χ0) is 32.1. The number of hydrogen-bond acceptors (Lipinski definition) is 6. The van der Waals surface area contributed by atoms with Crippen LogP contribution in [-0.4, -0.2) is 74.1 Å². The number of quaternary nitrogens is 1. The van der Waals surface area contributed by atoms with E-state index in [2.05, 4.69) is 31.2 Å². The first-order valence-corrected chi connectivity index (χ1v) is 18.6. The summed E-state index contributed by atoms with van der Waals surface area (Å²) in [6.07, 6.45) is 32.1. The Morgan fingerprint density at radius 3 is 1.67 bits per heavy atom. The molecule has 8 nitrogen and oxygen atoms in total. The van der Waals surface area contributed by atoms with E-state index in [-0.39, 0.29) is 19.6 Å². The largest absolute Gasteiger partial charge is 0.472 e. The van der Waals surface area contributed by atoms with Gasteiger partial charge < -0.3 is 19.2 Å². The molecule has 0 radical (unpaired) electrons. The number of carbonyl (C=O) groups excluding carboxylic acids is 1. The van der Waals surface area contributed by atoms with Gasteiger partial charge in [-0.3, -0.25) is 13.8 Å². The molecular formula is C34H67NO7P+. The van der Waals surface area contributed by atoms with E-state index in [9.17, 15) is 19.4 Å². The van der Waals surface area contributed by atoms with Crippen LogP contribution in [0, 0.1) is 0 Å². The summed E-state index contributed by atoms with van der Waals surface area (Å²) in [5, 5.41) is 9.86. The number of likely N-dealkylation sites (N-methyl/N-ethyl adjacent to an activating group) is 1. The minimum atomic E-state index is -4.26. The van der Waals surface area contributed by atoms with Gasteiger partial charge in [0, 0.05) is 6.42 Å². The van der Waals surface area contributed by atoms with E-state index in [1.54, 1.807) is 0 Å². The maximum Gasteiger partial charge on any atom is 0.472 e. The average Bonchev–Trinajstić information content (AvgIpc) is 2.94. The van der Waals surface area contributed by atoms with Gasteiger partial charge in [0.25, 0.3) is 0 Å². The highest BCUT2D eigenvalue weighted by Crippen LogP contribution is 2.43. The molecule has 0 amide bonds. The van der Waals surface area contributed by atoms with Crippen LogP contribution in [0.3, 0.4) is 0 Å². The summed E-state index contributed by atoms with van der Waals surface area (Å²) in [6, 6.07) is 0. The van der Waals surface area contributed by atoms with Gasteiger partial charge in [0.05, 0.1) is 27.7 Å². The quantitative estimate of drug-likeness (QED) is 0.0259. The van der Waals surface area contributed by atoms with Gasteiger partial charge in [-0.25, -0.2) is 4.57 Å². The fourth-order valence-electron chi connectivity index (χ4n) is 4.44. The molecule has 0 aliphatic rings. The highest BCUT2D eigenvalue weighted by molar-refractivity contribution is 7.47. The lowest BCUT2D eigenvalue weighted by Gasteiger charge is -2.24. The Bertz CT molecular complexity index is 752. The van der Waals surface area contributed by atoms with Crippen LogP contribution in [0.15, 0.2) is 24.3 Å². The summed E-state index contributed by atoms with van der Waals surface area (Å²) < 4.78 is 27.1. The maximum atomic E-state index is 11.9. The van der Waals surface area contributed by atoms with Gasteiger partial charge in [-0.15, -0.1) is 0 Å². The monoisotopic (exact) mass is 632 g/mol. The van der Waals surface area contributed by atoms with E-state index in [1.165, 1.54) is 96.3 Å². The Kier molecular flexibility index (Phi) is 27.8. The molecule has 2 atom stereocenters. The lowest BCUT2D eigenvalue weighted by molar-refractivity contribution is -0.870. The number of aliphatic hydroxyl groups excluding tert-OH is 1. The predicted octanol–water partition coefficient (Wildman–Crippen LogP) is 8.66. The van der Waals surface area contributed by atoms with Crippen molar-refractivity contribution < 1.29 is 37.6 Å². The highest BCUT2D eigenvalue weighted by Gasteiger charge is 2.24. The summed E-state index contributed by atoms with van der Waals surface area (Å²) in [6.45, 7) is 2.11. The molecule has 0 saturated heterocycles. The van der Waals surface area contributed by atoms with Crippen LogP contribution in [-0.2, 0) is 23.1 Å². The normalized spacial score (nSPS) is 14.5. The SMILES string of the molecule is CCCCCCCCCCCCCCCC/C=C/CC/C=C/CCCC(=O)OC[C@@H](O)COP(=O)(O)OCC[N+](C)(C)C. The number of phosphoric ester groups is 1. The van der Waals surface area contributed by atoms with E-state index < -0.39 is 26.5 Å². The van der Waals surface area contributed by atoms with Crippen molar-refractivity contribution in [3.05, 3.63) is 24.3 Å². The number of ether oxygens (including phenoxy) is 1. The standard InChI is InChI=1S/C34H66NO7P/c1-5-6-7-8-9-10-11-12-13-14-15-16-17-18-19-20-21-22-23-24-25-26-27-28-34(37)40-31-33(36)32-42-43(38,39)41-30-29-35(2,3)4/h20-21,24-25,33,36H,5-19,22-23,26-32H2,1-4H3/p+1/b21-20+,25-24+/t33-/m1/s1. The van der Waals surface area contributed by atoms with E-state index in [0.29, 0.717) is 17.4 Å². The molecular weight excluding hydrogens is 565 g/mol. The first kappa shape index (κ1) is 42.0. The van der Waals surface area contributed by atoms with Crippen molar-refractivity contribution in [2.24, 2.45) is 0 Å². The number of phosphoric acid groups is 1. The number of nitrogens with zero attached hydrogens (tertiary/aromatic N) is 1. The minimum absolute atomic E-state index is 0.0487. The Hall–Kier alpha value is -1.02. The number of allylic oxidation sites excluding steroid dienone is 4. The molecule has 0 aromatic carbocycles. The summed E-state index contributed by atoms with van der Waals surface area (Å²) in [4.78, 5) is 21.5. The van der Waals surface area contributed by atoms with Crippen molar-refractivity contribution >= 4 is 13.8 Å². The molecule has 9 heteroatoms. The first-order valence-electron chi connectivity index (χ1n) is 17.1. The van der Waals surface area contributed by atoms with Crippen LogP contribution in [0.5, 0.6) is 0 Å². The van der Waals surface area contributed by atoms with E-state index in [4.69, 9.17) is 13.8 Å². The highest BCUT2D eigenvalue weighted by atomic mass is 31.2. The van der Waals surface area contributed by atoms with E-state index in [0.717, 1.165) is 19.3 Å². The third-order valence-electron chi connectivity index (χ3n) is 7.19. The van der Waals surface area contributed by atoms with Gasteiger partial charge in [0.15, 0.2) is 0 Å². The molecule has 0 aliphatic heterocycles.